The number of anilines is 1. The van der Waals surface area contributed by atoms with E-state index < -0.39 is 0 Å². The van der Waals surface area contributed by atoms with Crippen molar-refractivity contribution in [3.63, 3.8) is 0 Å². The molecule has 25 heavy (non-hydrogen) atoms. The van der Waals surface area contributed by atoms with Gasteiger partial charge in [-0.3, -0.25) is 19.6 Å². The third kappa shape index (κ3) is 5.54. The van der Waals surface area contributed by atoms with Crippen LogP contribution in [0.4, 0.5) is 5.69 Å². The van der Waals surface area contributed by atoms with E-state index in [2.05, 4.69) is 27.2 Å². The van der Waals surface area contributed by atoms with Crippen LogP contribution >= 0.6 is 0 Å². The molecule has 0 unspecified atom stereocenters. The molecule has 0 fully saturated rings. The topological polar surface area (TPSA) is 83.5 Å². The maximum atomic E-state index is 12.2. The predicted octanol–water partition coefficient (Wildman–Crippen LogP) is 3.18. The van der Waals surface area contributed by atoms with E-state index in [9.17, 15) is 9.59 Å². The lowest BCUT2D eigenvalue weighted by Crippen LogP contribution is -2.21. The van der Waals surface area contributed by atoms with Gasteiger partial charge in [-0.05, 0) is 49.4 Å². The van der Waals surface area contributed by atoms with Crippen molar-refractivity contribution in [2.24, 2.45) is 4.99 Å². The number of nitrogens with one attached hydrogen (secondary N) is 2. The Hall–Kier alpha value is -3.54. The molecule has 6 nitrogen and oxygen atoms in total. The second kappa shape index (κ2) is 8.93. The normalized spacial score (nSPS) is 10.8. The van der Waals surface area contributed by atoms with Crippen molar-refractivity contribution in [3.05, 3.63) is 84.5 Å². The Labute approximate surface area is 146 Å². The number of carbonyl (C=O) groups is 2. The fourth-order valence-electron chi connectivity index (χ4n) is 1.89. The standard InChI is InChI=1S/C19H18N4O2/c1-3-20-11-8-14(2)22-18(24)15-4-6-16(7-5-15)19(25)23-17-9-12-21-13-10-17/h3-13H,2H2,1H3,(H,22,24)(H,21,23,25)/b11-8-,20-3?. The lowest BCUT2D eigenvalue weighted by Gasteiger charge is -2.07. The lowest BCUT2D eigenvalue weighted by molar-refractivity contribution is 0.0965. The molecule has 0 spiro atoms. The molecule has 1 aromatic carbocycles. The van der Waals surface area contributed by atoms with E-state index >= 15 is 0 Å². The Kier molecular flexibility index (Phi) is 6.36. The third-order valence-electron chi connectivity index (χ3n) is 3.13. The van der Waals surface area contributed by atoms with Gasteiger partial charge in [0.15, 0.2) is 0 Å². The second-order valence-corrected chi connectivity index (χ2v) is 4.97. The summed E-state index contributed by atoms with van der Waals surface area (Å²) >= 11 is 0. The van der Waals surface area contributed by atoms with Gasteiger partial charge in [-0.1, -0.05) is 6.58 Å². The zero-order valence-electron chi connectivity index (χ0n) is 13.8. The number of benzene rings is 1. The molecule has 0 saturated carbocycles. The molecule has 1 heterocycles. The van der Waals surface area contributed by atoms with E-state index in [4.69, 9.17) is 0 Å². The first kappa shape index (κ1) is 17.8. The maximum Gasteiger partial charge on any atom is 0.255 e. The van der Waals surface area contributed by atoms with Gasteiger partial charge < -0.3 is 10.6 Å². The fourth-order valence-corrected chi connectivity index (χ4v) is 1.89. The minimum Gasteiger partial charge on any atom is -0.322 e. The van der Waals surface area contributed by atoms with Crippen LogP contribution in [0.1, 0.15) is 27.6 Å². The van der Waals surface area contributed by atoms with Crippen molar-refractivity contribution < 1.29 is 9.59 Å². The summed E-state index contributed by atoms with van der Waals surface area (Å²) in [5.74, 6) is -0.570. The summed E-state index contributed by atoms with van der Waals surface area (Å²) in [6.07, 6.45) is 7.94. The van der Waals surface area contributed by atoms with Gasteiger partial charge >= 0.3 is 0 Å². The van der Waals surface area contributed by atoms with Gasteiger partial charge in [-0.15, -0.1) is 0 Å². The summed E-state index contributed by atoms with van der Waals surface area (Å²) in [5, 5.41) is 5.39. The van der Waals surface area contributed by atoms with Crippen LogP contribution in [0.2, 0.25) is 0 Å². The Morgan fingerprint density at radius 2 is 1.64 bits per heavy atom. The predicted molar refractivity (Wildman–Crippen MR) is 98.5 cm³/mol. The van der Waals surface area contributed by atoms with Crippen molar-refractivity contribution >= 4 is 23.7 Å². The van der Waals surface area contributed by atoms with Crippen LogP contribution in [0, 0.1) is 0 Å². The minimum absolute atomic E-state index is 0.261. The van der Waals surface area contributed by atoms with E-state index in [1.165, 1.54) is 6.20 Å². The van der Waals surface area contributed by atoms with E-state index in [-0.39, 0.29) is 11.8 Å². The summed E-state index contributed by atoms with van der Waals surface area (Å²) < 4.78 is 0. The molecule has 126 valence electrons. The molecule has 6 heteroatoms. The van der Waals surface area contributed by atoms with Crippen LogP contribution in [0.25, 0.3) is 0 Å². The van der Waals surface area contributed by atoms with E-state index in [0.29, 0.717) is 22.5 Å². The smallest absolute Gasteiger partial charge is 0.255 e. The largest absolute Gasteiger partial charge is 0.322 e. The number of hydrogen-bond acceptors (Lipinski definition) is 4. The van der Waals surface area contributed by atoms with Crippen molar-refractivity contribution in [2.45, 2.75) is 6.92 Å². The van der Waals surface area contributed by atoms with Gasteiger partial charge in [0.25, 0.3) is 11.8 Å². The summed E-state index contributed by atoms with van der Waals surface area (Å²) in [4.78, 5) is 32.0. The fraction of sp³-hybridized carbons (Fsp3) is 0.0526. The van der Waals surface area contributed by atoms with Crippen LogP contribution in [0.5, 0.6) is 0 Å². The number of carbonyl (C=O) groups excluding carboxylic acids is 2. The van der Waals surface area contributed by atoms with Crippen LogP contribution in [-0.4, -0.2) is 23.0 Å². The Morgan fingerprint density at radius 1 is 1.04 bits per heavy atom. The number of amides is 2. The first-order chi connectivity index (χ1) is 12.1. The SMILES string of the molecule is C=C(/C=C\N=CC)NC(=O)c1ccc(C(=O)Nc2ccncc2)cc1. The maximum absolute atomic E-state index is 12.2. The average molecular weight is 334 g/mol. The monoisotopic (exact) mass is 334 g/mol. The zero-order chi connectivity index (χ0) is 18.1. The minimum atomic E-state index is -0.309. The number of hydrogen-bond donors (Lipinski definition) is 2. The molecular formula is C19H18N4O2. The van der Waals surface area contributed by atoms with Crippen molar-refractivity contribution in [1.82, 2.24) is 10.3 Å². The number of allylic oxidation sites excluding steroid dienone is 1. The Bertz CT molecular complexity index is 809. The number of nitrogens with zero attached hydrogens (tertiary/aromatic N) is 2. The quantitative estimate of drug-likeness (QED) is 0.628. The highest BCUT2D eigenvalue weighted by molar-refractivity contribution is 6.05. The molecule has 2 aromatic rings. The number of aromatic nitrogens is 1. The Balaban J connectivity index is 1.98. The molecule has 1 aromatic heterocycles. The second-order valence-electron chi connectivity index (χ2n) is 4.97. The van der Waals surface area contributed by atoms with Gasteiger partial charge in [0.2, 0.25) is 0 Å². The highest BCUT2D eigenvalue weighted by Gasteiger charge is 2.09. The van der Waals surface area contributed by atoms with Gasteiger partial charge in [0.05, 0.1) is 0 Å². The van der Waals surface area contributed by atoms with Gasteiger partial charge in [0.1, 0.15) is 0 Å². The Morgan fingerprint density at radius 3 is 2.24 bits per heavy atom. The number of aliphatic imine (C=N–C) groups is 1. The molecule has 2 N–H and O–H groups in total. The van der Waals surface area contributed by atoms with Crippen LogP contribution in [0.3, 0.4) is 0 Å². The molecule has 0 aliphatic rings. The van der Waals surface area contributed by atoms with Crippen molar-refractivity contribution in [3.8, 4) is 0 Å². The number of pyridine rings is 1. The van der Waals surface area contributed by atoms with E-state index in [1.807, 2.05) is 0 Å². The van der Waals surface area contributed by atoms with Gasteiger partial charge in [-0.25, -0.2) is 0 Å². The molecule has 0 radical (unpaired) electrons. The molecule has 0 atom stereocenters. The van der Waals surface area contributed by atoms with E-state index in [1.54, 1.807) is 68.0 Å². The summed E-state index contributed by atoms with van der Waals surface area (Å²) in [6.45, 7) is 5.51. The molecule has 0 aliphatic carbocycles. The first-order valence-corrected chi connectivity index (χ1v) is 7.56. The number of rotatable bonds is 6. The van der Waals surface area contributed by atoms with Crippen LogP contribution in [-0.2, 0) is 0 Å². The first-order valence-electron chi connectivity index (χ1n) is 7.56. The van der Waals surface area contributed by atoms with Crippen LogP contribution < -0.4 is 10.6 Å². The van der Waals surface area contributed by atoms with Gasteiger partial charge in [0, 0.05) is 47.3 Å². The summed E-state index contributed by atoms with van der Waals surface area (Å²) in [7, 11) is 0. The molecule has 0 saturated heterocycles. The highest BCUT2D eigenvalue weighted by atomic mass is 16.2. The van der Waals surface area contributed by atoms with Crippen LogP contribution in [0.15, 0.2) is 78.3 Å². The lowest BCUT2D eigenvalue weighted by atomic mass is 10.1. The molecule has 0 aliphatic heterocycles. The van der Waals surface area contributed by atoms with E-state index in [0.717, 1.165) is 0 Å². The third-order valence-corrected chi connectivity index (χ3v) is 3.13. The zero-order valence-corrected chi connectivity index (χ0v) is 13.8. The molecule has 0 bridgehead atoms. The highest BCUT2D eigenvalue weighted by Crippen LogP contribution is 2.09. The van der Waals surface area contributed by atoms with Gasteiger partial charge in [-0.2, -0.15) is 0 Å². The molecule has 2 amide bonds. The average Bonchev–Trinajstić information content (AvgIpc) is 2.63. The summed E-state index contributed by atoms with van der Waals surface area (Å²) in [5.41, 5.74) is 1.95. The van der Waals surface area contributed by atoms with Crippen molar-refractivity contribution in [1.29, 1.82) is 0 Å². The molecular weight excluding hydrogens is 316 g/mol. The van der Waals surface area contributed by atoms with Crippen molar-refractivity contribution in [2.75, 3.05) is 5.32 Å². The summed E-state index contributed by atoms with van der Waals surface area (Å²) in [6, 6.07) is 9.73. The molecule has 2 rings (SSSR count).